The molecule has 5 rings (SSSR count). The van der Waals surface area contributed by atoms with Gasteiger partial charge in [-0.1, -0.05) is 32.8 Å². The van der Waals surface area contributed by atoms with Gasteiger partial charge in [0.1, 0.15) is 12.1 Å². The summed E-state index contributed by atoms with van der Waals surface area (Å²) in [4.78, 5) is 66.6. The van der Waals surface area contributed by atoms with E-state index in [0.717, 1.165) is 0 Å². The normalized spacial score (nSPS) is 40.1. The number of carbonyl (C=O) groups excluding carboxylic acids is 5. The smallest absolute Gasteiger partial charge is 0.348 e. The van der Waals surface area contributed by atoms with Gasteiger partial charge < -0.3 is 34.5 Å². The van der Waals surface area contributed by atoms with Crippen LogP contribution in [0, 0.1) is 34.5 Å². The van der Waals surface area contributed by atoms with Crippen LogP contribution in [0.25, 0.3) is 0 Å². The highest BCUT2D eigenvalue weighted by atomic mass is 16.6. The molecular formula is C32H43NO11. The summed E-state index contributed by atoms with van der Waals surface area (Å²) < 4.78 is 28.8. The van der Waals surface area contributed by atoms with Crippen molar-refractivity contribution in [3.8, 4) is 0 Å². The third-order valence-corrected chi connectivity index (χ3v) is 11.1. The van der Waals surface area contributed by atoms with Crippen molar-refractivity contribution in [3.63, 3.8) is 0 Å². The third-order valence-electron chi connectivity index (χ3n) is 11.1. The van der Waals surface area contributed by atoms with Crippen LogP contribution < -0.4 is 5.73 Å². The van der Waals surface area contributed by atoms with Gasteiger partial charge in [-0.2, -0.15) is 0 Å². The van der Waals surface area contributed by atoms with Crippen LogP contribution in [-0.4, -0.2) is 78.4 Å². The summed E-state index contributed by atoms with van der Waals surface area (Å²) in [6, 6.07) is -0.913. The third kappa shape index (κ3) is 4.47. The average molecular weight is 618 g/mol. The number of ether oxygens (including phenoxy) is 5. The fraction of sp³-hybridized carbons (Fsp3) is 0.719. The molecule has 0 aromatic carbocycles. The van der Waals surface area contributed by atoms with Crippen LogP contribution >= 0.6 is 0 Å². The van der Waals surface area contributed by atoms with Crippen LogP contribution in [0.5, 0.6) is 0 Å². The van der Waals surface area contributed by atoms with Crippen LogP contribution in [0.15, 0.2) is 23.0 Å². The molecule has 11 atom stereocenters. The Balaban J connectivity index is 1.61. The molecule has 12 heteroatoms. The van der Waals surface area contributed by atoms with Crippen LogP contribution in [-0.2, 0) is 47.7 Å². The molecule has 2 saturated carbocycles. The largest absolute Gasteiger partial charge is 0.467 e. The molecule has 2 saturated heterocycles. The first kappa shape index (κ1) is 32.3. The zero-order chi connectivity index (χ0) is 32.5. The minimum absolute atomic E-state index is 0.0729. The number of ketones is 1. The van der Waals surface area contributed by atoms with Crippen LogP contribution in [0.1, 0.15) is 67.2 Å². The lowest BCUT2D eigenvalue weighted by atomic mass is 9.38. The molecule has 44 heavy (non-hydrogen) atoms. The summed E-state index contributed by atoms with van der Waals surface area (Å²) in [5, 5.41) is 11.9. The SMILES string of the molecule is CC[C@H](C)[C@H](N)C(=O)OC1=C(C)C2C[C@H]3OC(=O)[C@H](OC(=O)C=C(C)C)[C@@H]4[C@]35CO[C@]4(C(=O)OC)C[C@H](O)C5[C@@]2(C)CC1=O. The molecule has 2 bridgehead atoms. The first-order valence-corrected chi connectivity index (χ1v) is 15.3. The lowest BCUT2D eigenvalue weighted by Crippen LogP contribution is -2.75. The molecule has 2 unspecified atom stereocenters. The van der Waals surface area contributed by atoms with Gasteiger partial charge in [0.25, 0.3) is 0 Å². The first-order valence-electron chi connectivity index (χ1n) is 15.3. The number of fused-ring (bicyclic) bond motifs is 2. The van der Waals surface area contributed by atoms with Gasteiger partial charge >= 0.3 is 23.9 Å². The molecule has 5 aliphatic rings. The molecule has 0 aromatic rings. The molecule has 0 aromatic heterocycles. The number of hydrogen-bond acceptors (Lipinski definition) is 12. The maximum atomic E-state index is 13.8. The molecular weight excluding hydrogens is 574 g/mol. The highest BCUT2D eigenvalue weighted by Crippen LogP contribution is 2.72. The van der Waals surface area contributed by atoms with Gasteiger partial charge in [0.15, 0.2) is 17.1 Å². The second-order valence-corrected chi connectivity index (χ2v) is 13.8. The number of allylic oxidation sites excluding steroid dienone is 3. The molecule has 2 heterocycles. The minimum Gasteiger partial charge on any atom is -0.467 e. The van der Waals surface area contributed by atoms with E-state index in [1.54, 1.807) is 20.8 Å². The van der Waals surface area contributed by atoms with Gasteiger partial charge in [-0.15, -0.1) is 0 Å². The predicted octanol–water partition coefficient (Wildman–Crippen LogP) is 1.90. The molecule has 242 valence electrons. The molecule has 2 aliphatic heterocycles. The Hall–Kier alpha value is -3.09. The van der Waals surface area contributed by atoms with Crippen molar-refractivity contribution in [2.24, 2.45) is 40.2 Å². The fourth-order valence-corrected chi connectivity index (χ4v) is 9.07. The van der Waals surface area contributed by atoms with Crippen LogP contribution in [0.4, 0.5) is 0 Å². The quantitative estimate of drug-likeness (QED) is 0.241. The number of methoxy groups -OCH3 is 1. The summed E-state index contributed by atoms with van der Waals surface area (Å²) in [6.07, 6.45) is -1.78. The number of Topliss-reactive ketones (excluding diaryl/α,β-unsaturated/α-hetero) is 1. The zero-order valence-electron chi connectivity index (χ0n) is 26.3. The van der Waals surface area contributed by atoms with Crippen molar-refractivity contribution in [1.82, 2.24) is 0 Å². The summed E-state index contributed by atoms with van der Waals surface area (Å²) in [6.45, 7) is 10.6. The Morgan fingerprint density at radius 1 is 1.20 bits per heavy atom. The molecule has 3 aliphatic carbocycles. The Bertz CT molecular complexity index is 1350. The van der Waals surface area contributed by atoms with Crippen molar-refractivity contribution in [3.05, 3.63) is 23.0 Å². The van der Waals surface area contributed by atoms with Gasteiger partial charge in [-0.05, 0) is 50.0 Å². The van der Waals surface area contributed by atoms with Gasteiger partial charge in [-0.3, -0.25) is 4.79 Å². The van der Waals surface area contributed by atoms with Gasteiger partial charge in [-0.25, -0.2) is 19.2 Å². The number of aliphatic hydroxyl groups excluding tert-OH is 1. The average Bonchev–Trinajstić information content (AvgIpc) is 3.20. The van der Waals surface area contributed by atoms with E-state index in [2.05, 4.69) is 0 Å². The number of esters is 4. The lowest BCUT2D eigenvalue weighted by molar-refractivity contribution is -0.269. The second-order valence-electron chi connectivity index (χ2n) is 13.8. The minimum atomic E-state index is -1.78. The highest BCUT2D eigenvalue weighted by molar-refractivity contribution is 5.98. The van der Waals surface area contributed by atoms with E-state index < -0.39 is 88.2 Å². The van der Waals surface area contributed by atoms with E-state index in [1.807, 2.05) is 20.8 Å². The van der Waals surface area contributed by atoms with Gasteiger partial charge in [0, 0.05) is 30.3 Å². The summed E-state index contributed by atoms with van der Waals surface area (Å²) in [7, 11) is 1.19. The Morgan fingerprint density at radius 2 is 1.89 bits per heavy atom. The van der Waals surface area contributed by atoms with Crippen molar-refractivity contribution < 1.29 is 52.8 Å². The predicted molar refractivity (Wildman–Crippen MR) is 152 cm³/mol. The lowest BCUT2D eigenvalue weighted by Gasteiger charge is -2.66. The molecule has 0 amide bonds. The maximum Gasteiger partial charge on any atom is 0.348 e. The molecule has 3 N–H and O–H groups in total. The summed E-state index contributed by atoms with van der Waals surface area (Å²) in [5.74, 6) is -5.94. The van der Waals surface area contributed by atoms with Crippen molar-refractivity contribution >= 4 is 29.7 Å². The van der Waals surface area contributed by atoms with Crippen molar-refractivity contribution in [2.45, 2.75) is 97.2 Å². The number of rotatable bonds is 7. The van der Waals surface area contributed by atoms with Gasteiger partial charge in [0.05, 0.1) is 25.7 Å². The van der Waals surface area contributed by atoms with Crippen molar-refractivity contribution in [1.29, 1.82) is 0 Å². The maximum absolute atomic E-state index is 13.8. The van der Waals surface area contributed by atoms with E-state index in [-0.39, 0.29) is 37.5 Å². The number of carbonyl (C=O) groups is 5. The van der Waals surface area contributed by atoms with E-state index >= 15 is 0 Å². The number of nitrogens with two attached hydrogens (primary N) is 1. The molecule has 0 radical (unpaired) electrons. The Morgan fingerprint density at radius 3 is 2.50 bits per heavy atom. The standard InChI is InChI=1S/C32H43NO11/c1-8-15(4)22(33)27(37)44-23-16(5)17-10-20-31-13-41-32(29(39)40-7,12-19(35)25(31)30(17,6)11-18(23)34)26(31)24(28(38)42-20)43-21(36)9-14(2)3/h9,15,17,19-20,22,24-26,35H,8,10-13,33H2,1-7H3/t15-,17?,19-,20+,22-,24+,25?,26+,30-,31+,32+/m0/s1. The Kier molecular flexibility index (Phi) is 8.12. The van der Waals surface area contributed by atoms with E-state index in [4.69, 9.17) is 29.4 Å². The summed E-state index contributed by atoms with van der Waals surface area (Å²) in [5.41, 5.74) is 3.36. The van der Waals surface area contributed by atoms with Crippen LogP contribution in [0.3, 0.4) is 0 Å². The van der Waals surface area contributed by atoms with Gasteiger partial charge in [0.2, 0.25) is 6.10 Å². The number of aliphatic hydroxyl groups is 1. The summed E-state index contributed by atoms with van der Waals surface area (Å²) >= 11 is 0. The van der Waals surface area contributed by atoms with E-state index in [9.17, 15) is 29.1 Å². The van der Waals surface area contributed by atoms with Crippen molar-refractivity contribution in [2.75, 3.05) is 13.7 Å². The Labute approximate surface area is 256 Å². The molecule has 4 fully saturated rings. The second kappa shape index (κ2) is 11.1. The first-order chi connectivity index (χ1) is 20.6. The monoisotopic (exact) mass is 617 g/mol. The fourth-order valence-electron chi connectivity index (χ4n) is 9.07. The zero-order valence-corrected chi connectivity index (χ0v) is 26.3. The topological polar surface area (TPSA) is 178 Å². The van der Waals surface area contributed by atoms with E-state index in [1.165, 1.54) is 13.2 Å². The van der Waals surface area contributed by atoms with E-state index in [0.29, 0.717) is 17.6 Å². The molecule has 12 nitrogen and oxygen atoms in total. The molecule has 1 spiro atoms. The van der Waals surface area contributed by atoms with Crippen LogP contribution in [0.2, 0.25) is 0 Å². The highest BCUT2D eigenvalue weighted by Gasteiger charge is 2.82. The number of hydrogen-bond donors (Lipinski definition) is 2.